The van der Waals surface area contributed by atoms with Crippen molar-refractivity contribution < 1.29 is 27.8 Å². The van der Waals surface area contributed by atoms with Crippen molar-refractivity contribution in [1.82, 2.24) is 0 Å². The Morgan fingerprint density at radius 3 is 2.50 bits per heavy atom. The number of aliphatic hydroxyl groups is 1. The van der Waals surface area contributed by atoms with Crippen LogP contribution >= 0.6 is 11.8 Å². The number of allylic oxidation sites excluding steroid dienone is 1. The summed E-state index contributed by atoms with van der Waals surface area (Å²) in [6.45, 7) is 1.73. The topological polar surface area (TPSA) is 51.0 Å². The summed E-state index contributed by atoms with van der Waals surface area (Å²) in [5.74, 6) is 0.412. The lowest BCUT2D eigenvalue weighted by Gasteiger charge is -2.30. The number of alkyl halides is 3. The fourth-order valence-corrected chi connectivity index (χ4v) is 3.65. The lowest BCUT2D eigenvalue weighted by atomic mass is 9.99. The molecular formula is C16H14F3NO3S. The molecule has 2 aliphatic rings. The van der Waals surface area contributed by atoms with Gasteiger partial charge < -0.3 is 14.6 Å². The monoisotopic (exact) mass is 357 g/mol. The summed E-state index contributed by atoms with van der Waals surface area (Å²) in [5.41, 5.74) is 0.430. The van der Waals surface area contributed by atoms with Crippen LogP contribution < -0.4 is 0 Å². The Morgan fingerprint density at radius 2 is 1.92 bits per heavy atom. The third kappa shape index (κ3) is 2.59. The molecule has 1 aliphatic carbocycles. The van der Waals surface area contributed by atoms with Crippen molar-refractivity contribution in [1.29, 1.82) is 0 Å². The lowest BCUT2D eigenvalue weighted by molar-refractivity contribution is -0.137. The molecule has 128 valence electrons. The predicted molar refractivity (Wildman–Crippen MR) is 84.1 cm³/mol. The third-order valence-electron chi connectivity index (χ3n) is 3.83. The first-order valence-electron chi connectivity index (χ1n) is 6.97. The first kappa shape index (κ1) is 16.9. The fraction of sp³-hybridized carbons (Fsp3) is 0.312. The van der Waals surface area contributed by atoms with E-state index < -0.39 is 17.8 Å². The minimum Gasteiger partial charge on any atom is -0.494 e. The maximum atomic E-state index is 12.9. The molecular weight excluding hydrogens is 343 g/mol. The normalized spacial score (nSPS) is 20.5. The molecule has 24 heavy (non-hydrogen) atoms. The molecule has 0 spiro atoms. The van der Waals surface area contributed by atoms with E-state index in [4.69, 9.17) is 9.47 Å². The van der Waals surface area contributed by atoms with Crippen molar-refractivity contribution in [3.63, 3.8) is 0 Å². The quantitative estimate of drug-likeness (QED) is 0.868. The maximum Gasteiger partial charge on any atom is 0.416 e. The van der Waals surface area contributed by atoms with Crippen LogP contribution in [0.4, 0.5) is 18.9 Å². The van der Waals surface area contributed by atoms with Crippen LogP contribution in [0.15, 0.2) is 50.1 Å². The van der Waals surface area contributed by atoms with Crippen molar-refractivity contribution >= 4 is 23.2 Å². The molecule has 4 nitrogen and oxygen atoms in total. The van der Waals surface area contributed by atoms with Gasteiger partial charge >= 0.3 is 6.18 Å². The van der Waals surface area contributed by atoms with Crippen molar-refractivity contribution in [2.24, 2.45) is 4.99 Å². The zero-order valence-corrected chi connectivity index (χ0v) is 13.9. The van der Waals surface area contributed by atoms with Gasteiger partial charge in [0.05, 0.1) is 25.5 Å². The first-order valence-corrected chi connectivity index (χ1v) is 7.79. The molecule has 1 aromatic rings. The van der Waals surface area contributed by atoms with Crippen LogP contribution in [0.25, 0.3) is 0 Å². The molecule has 1 heterocycles. The van der Waals surface area contributed by atoms with E-state index in [9.17, 15) is 18.3 Å². The minimum atomic E-state index is -4.44. The summed E-state index contributed by atoms with van der Waals surface area (Å²) in [4.78, 5) is 5.59. The maximum absolute atomic E-state index is 12.9. The number of aliphatic imine (C=N–C) groups is 1. The Bertz CT molecular complexity index is 796. The second kappa shape index (κ2) is 5.86. The first-order chi connectivity index (χ1) is 11.3. The zero-order chi connectivity index (χ0) is 17.6. The Kier molecular flexibility index (Phi) is 4.13. The smallest absolute Gasteiger partial charge is 0.416 e. The van der Waals surface area contributed by atoms with Gasteiger partial charge in [-0.1, -0.05) is 11.8 Å². The molecule has 0 amide bonds. The number of rotatable bonds is 2. The summed E-state index contributed by atoms with van der Waals surface area (Å²) >= 11 is 1.26. The second-order valence-corrected chi connectivity index (χ2v) is 6.31. The Balaban J connectivity index is 2.19. The van der Waals surface area contributed by atoms with Crippen LogP contribution in [0, 0.1) is 0 Å². The number of nitrogens with zero attached hydrogens (tertiary/aromatic N) is 1. The summed E-state index contributed by atoms with van der Waals surface area (Å²) in [6, 6.07) is 3.42. The summed E-state index contributed by atoms with van der Waals surface area (Å²) in [7, 11) is 2.79. The van der Waals surface area contributed by atoms with Gasteiger partial charge in [0, 0.05) is 9.80 Å². The standard InChI is InChI=1S/C16H14F3NO3S/c1-7-12(21)14(23-3)13(22-2)11-15(7)24-10-5-4-8(16(17,18)19)6-9(10)20-11/h4-6,12,21H,1-3H3. The molecule has 0 bridgehead atoms. The highest BCUT2D eigenvalue weighted by molar-refractivity contribution is 8.04. The molecule has 0 saturated carbocycles. The van der Waals surface area contributed by atoms with Crippen molar-refractivity contribution in [2.45, 2.75) is 24.1 Å². The average Bonchev–Trinajstić information content (AvgIpc) is 2.55. The lowest BCUT2D eigenvalue weighted by Crippen LogP contribution is -2.28. The highest BCUT2D eigenvalue weighted by atomic mass is 32.2. The van der Waals surface area contributed by atoms with Crippen LogP contribution in [0.3, 0.4) is 0 Å². The van der Waals surface area contributed by atoms with Crippen LogP contribution in [-0.4, -0.2) is 31.1 Å². The van der Waals surface area contributed by atoms with E-state index in [0.717, 1.165) is 12.1 Å². The summed E-state index contributed by atoms with van der Waals surface area (Å²) < 4.78 is 49.2. The number of ether oxygens (including phenoxy) is 2. The Labute approximate surface area is 140 Å². The Hall–Kier alpha value is -1.93. The van der Waals surface area contributed by atoms with E-state index in [-0.39, 0.29) is 17.2 Å². The van der Waals surface area contributed by atoms with Gasteiger partial charge in [0.2, 0.25) is 0 Å². The molecule has 0 aromatic heterocycles. The van der Waals surface area contributed by atoms with Gasteiger partial charge in [-0.2, -0.15) is 13.2 Å². The van der Waals surface area contributed by atoms with Crippen molar-refractivity contribution in [3.05, 3.63) is 45.8 Å². The molecule has 8 heteroatoms. The van der Waals surface area contributed by atoms with Gasteiger partial charge in [0.25, 0.3) is 0 Å². The molecule has 1 atom stereocenters. The molecule has 3 rings (SSSR count). The molecule has 1 aromatic carbocycles. The molecule has 0 fully saturated rings. The van der Waals surface area contributed by atoms with E-state index in [1.54, 1.807) is 6.92 Å². The molecule has 1 unspecified atom stereocenters. The number of fused-ring (bicyclic) bond motifs is 2. The molecule has 1 N–H and O–H groups in total. The van der Waals surface area contributed by atoms with Crippen LogP contribution in [0.2, 0.25) is 0 Å². The second-order valence-electron chi connectivity index (χ2n) is 5.26. The van der Waals surface area contributed by atoms with E-state index >= 15 is 0 Å². The van der Waals surface area contributed by atoms with Crippen LogP contribution in [0.5, 0.6) is 0 Å². The summed E-state index contributed by atoms with van der Waals surface area (Å²) in [5, 5.41) is 10.3. The number of methoxy groups -OCH3 is 2. The number of thioether (sulfide) groups is 1. The van der Waals surface area contributed by atoms with Gasteiger partial charge in [-0.05, 0) is 30.7 Å². The Morgan fingerprint density at radius 1 is 1.21 bits per heavy atom. The molecule has 1 aliphatic heterocycles. The number of hydrogen-bond donors (Lipinski definition) is 1. The van der Waals surface area contributed by atoms with E-state index in [2.05, 4.69) is 4.99 Å². The van der Waals surface area contributed by atoms with Crippen molar-refractivity contribution in [2.75, 3.05) is 14.2 Å². The van der Waals surface area contributed by atoms with Gasteiger partial charge in [0.1, 0.15) is 11.8 Å². The van der Waals surface area contributed by atoms with Crippen LogP contribution in [-0.2, 0) is 15.7 Å². The van der Waals surface area contributed by atoms with Crippen molar-refractivity contribution in [3.8, 4) is 0 Å². The van der Waals surface area contributed by atoms with E-state index in [1.165, 1.54) is 32.0 Å². The SMILES string of the molecule is COC1=C(OC)C(O)C(C)=C2Sc3ccc(C(F)(F)F)cc3N=C12. The van der Waals surface area contributed by atoms with Gasteiger partial charge in [-0.25, -0.2) is 4.99 Å². The van der Waals surface area contributed by atoms with E-state index in [0.29, 0.717) is 21.1 Å². The average molecular weight is 357 g/mol. The number of hydrogen-bond acceptors (Lipinski definition) is 5. The van der Waals surface area contributed by atoms with Gasteiger partial charge in [-0.15, -0.1) is 0 Å². The molecule has 0 saturated heterocycles. The zero-order valence-electron chi connectivity index (χ0n) is 13.1. The van der Waals surface area contributed by atoms with Gasteiger partial charge in [0.15, 0.2) is 11.5 Å². The predicted octanol–water partition coefficient (Wildman–Crippen LogP) is 4.04. The number of benzene rings is 1. The number of halogens is 3. The van der Waals surface area contributed by atoms with E-state index in [1.807, 2.05) is 0 Å². The van der Waals surface area contributed by atoms with Crippen LogP contribution in [0.1, 0.15) is 12.5 Å². The minimum absolute atomic E-state index is 0.188. The summed E-state index contributed by atoms with van der Waals surface area (Å²) in [6.07, 6.45) is -5.42. The largest absolute Gasteiger partial charge is 0.494 e. The number of aliphatic hydroxyl groups excluding tert-OH is 1. The fourth-order valence-electron chi connectivity index (χ4n) is 2.58. The highest BCUT2D eigenvalue weighted by Crippen LogP contribution is 2.47. The highest BCUT2D eigenvalue weighted by Gasteiger charge is 2.37. The van der Waals surface area contributed by atoms with Gasteiger partial charge in [-0.3, -0.25) is 0 Å². The third-order valence-corrected chi connectivity index (χ3v) is 5.11. The molecule has 0 radical (unpaired) electrons.